The van der Waals surface area contributed by atoms with Crippen LogP contribution in [0.4, 0.5) is 0 Å². The third kappa shape index (κ3) is 1.79. The lowest BCUT2D eigenvalue weighted by Gasteiger charge is -2.56. The first-order valence-electron chi connectivity index (χ1n) is 6.53. The zero-order valence-electron chi connectivity index (χ0n) is 10.5. The minimum Gasteiger partial charge on any atom is -0.333 e. The molecule has 0 aromatic heterocycles. The monoisotopic (exact) mass is 221 g/mol. The van der Waals surface area contributed by atoms with Crippen molar-refractivity contribution in [3.05, 3.63) is 12.7 Å². The lowest BCUT2D eigenvalue weighted by Crippen LogP contribution is -2.63. The maximum atomic E-state index is 11.7. The molecule has 2 nitrogen and oxygen atoms in total. The second kappa shape index (κ2) is 4.23. The Kier molecular flexibility index (Phi) is 3.09. The van der Waals surface area contributed by atoms with Crippen molar-refractivity contribution in [2.24, 2.45) is 11.8 Å². The lowest BCUT2D eigenvalue weighted by molar-refractivity contribution is -0.146. The molecule has 1 aliphatic heterocycles. The summed E-state index contributed by atoms with van der Waals surface area (Å²) < 4.78 is 0. The van der Waals surface area contributed by atoms with Gasteiger partial charge in [0.2, 0.25) is 5.91 Å². The van der Waals surface area contributed by atoms with Gasteiger partial charge in [0.25, 0.3) is 0 Å². The second-order valence-corrected chi connectivity index (χ2v) is 5.75. The van der Waals surface area contributed by atoms with Gasteiger partial charge in [-0.1, -0.05) is 20.4 Å². The Morgan fingerprint density at radius 1 is 1.38 bits per heavy atom. The summed E-state index contributed by atoms with van der Waals surface area (Å²) in [6.07, 6.45) is 7.66. The molecule has 90 valence electrons. The molecule has 2 fully saturated rings. The van der Waals surface area contributed by atoms with Crippen LogP contribution in [-0.4, -0.2) is 22.9 Å². The van der Waals surface area contributed by atoms with Gasteiger partial charge in [0.15, 0.2) is 0 Å². The molecule has 1 saturated heterocycles. The van der Waals surface area contributed by atoms with Crippen LogP contribution in [0.3, 0.4) is 0 Å². The van der Waals surface area contributed by atoms with Crippen LogP contribution in [0.5, 0.6) is 0 Å². The van der Waals surface area contributed by atoms with E-state index in [1.165, 1.54) is 38.2 Å². The van der Waals surface area contributed by atoms with E-state index < -0.39 is 0 Å². The highest BCUT2D eigenvalue weighted by atomic mass is 16.2. The summed E-state index contributed by atoms with van der Waals surface area (Å²) >= 11 is 0. The summed E-state index contributed by atoms with van der Waals surface area (Å²) in [5.41, 5.74) is 0.219. The van der Waals surface area contributed by atoms with Crippen LogP contribution >= 0.6 is 0 Å². The van der Waals surface area contributed by atoms with Crippen molar-refractivity contribution in [1.82, 2.24) is 4.90 Å². The average molecular weight is 221 g/mol. The molecular formula is C14H23NO. The first-order chi connectivity index (χ1) is 7.59. The van der Waals surface area contributed by atoms with Gasteiger partial charge in [-0.25, -0.2) is 0 Å². The Bertz CT molecular complexity index is 287. The average Bonchev–Trinajstić information content (AvgIpc) is 2.27. The van der Waals surface area contributed by atoms with Crippen molar-refractivity contribution in [3.8, 4) is 0 Å². The van der Waals surface area contributed by atoms with Gasteiger partial charge in [-0.15, -0.1) is 0 Å². The van der Waals surface area contributed by atoms with Gasteiger partial charge in [-0.2, -0.15) is 0 Å². The normalized spacial score (nSPS) is 33.9. The van der Waals surface area contributed by atoms with E-state index in [0.29, 0.717) is 0 Å². The fourth-order valence-corrected chi connectivity index (χ4v) is 3.36. The van der Waals surface area contributed by atoms with Gasteiger partial charge in [0.05, 0.1) is 0 Å². The lowest BCUT2D eigenvalue weighted by atomic mass is 9.67. The van der Waals surface area contributed by atoms with Crippen molar-refractivity contribution >= 4 is 5.91 Å². The van der Waals surface area contributed by atoms with E-state index in [0.717, 1.165) is 18.4 Å². The molecule has 0 N–H and O–H groups in total. The third-order valence-corrected chi connectivity index (χ3v) is 4.72. The smallest absolute Gasteiger partial charge is 0.246 e. The van der Waals surface area contributed by atoms with E-state index in [9.17, 15) is 4.79 Å². The molecule has 1 aliphatic carbocycles. The Morgan fingerprint density at radius 2 is 2.00 bits per heavy atom. The highest BCUT2D eigenvalue weighted by molar-refractivity contribution is 5.88. The predicted octanol–water partition coefficient (Wildman–Crippen LogP) is 2.99. The maximum Gasteiger partial charge on any atom is 0.246 e. The molecule has 1 heterocycles. The molecule has 1 amide bonds. The van der Waals surface area contributed by atoms with E-state index in [-0.39, 0.29) is 11.4 Å². The Labute approximate surface area is 98.7 Å². The van der Waals surface area contributed by atoms with Crippen LogP contribution in [0, 0.1) is 11.8 Å². The molecule has 0 radical (unpaired) electrons. The quantitative estimate of drug-likeness (QED) is 0.656. The van der Waals surface area contributed by atoms with Crippen LogP contribution in [0.15, 0.2) is 12.7 Å². The molecule has 1 spiro atoms. The molecule has 2 rings (SSSR count). The highest BCUT2D eigenvalue weighted by Crippen LogP contribution is 2.46. The van der Waals surface area contributed by atoms with Crippen LogP contribution in [-0.2, 0) is 4.79 Å². The van der Waals surface area contributed by atoms with Crippen LogP contribution in [0.2, 0.25) is 0 Å². The summed E-state index contributed by atoms with van der Waals surface area (Å²) in [5.74, 6) is 1.79. The molecule has 0 aromatic carbocycles. The van der Waals surface area contributed by atoms with Gasteiger partial charge in [-0.3, -0.25) is 4.79 Å². The fraction of sp³-hybridized carbons (Fsp3) is 0.786. The first-order valence-corrected chi connectivity index (χ1v) is 6.53. The molecular weight excluding hydrogens is 198 g/mol. The molecule has 0 atom stereocenters. The SMILES string of the molecule is C=CC(=O)N1CCC12CCC(C(C)C)CC2. The minimum atomic E-state index is 0.134. The maximum absolute atomic E-state index is 11.7. The zero-order chi connectivity index (χ0) is 11.8. The molecule has 0 bridgehead atoms. The fourth-order valence-electron chi connectivity index (χ4n) is 3.36. The zero-order valence-corrected chi connectivity index (χ0v) is 10.5. The first kappa shape index (κ1) is 11.7. The van der Waals surface area contributed by atoms with E-state index >= 15 is 0 Å². The third-order valence-electron chi connectivity index (χ3n) is 4.72. The van der Waals surface area contributed by atoms with Gasteiger partial charge >= 0.3 is 0 Å². The summed E-state index contributed by atoms with van der Waals surface area (Å²) in [6, 6.07) is 0. The number of likely N-dealkylation sites (tertiary alicyclic amines) is 1. The molecule has 2 aliphatic rings. The summed E-state index contributed by atoms with van der Waals surface area (Å²) in [4.78, 5) is 13.7. The molecule has 1 saturated carbocycles. The predicted molar refractivity (Wildman–Crippen MR) is 66.1 cm³/mol. The number of hydrogen-bond donors (Lipinski definition) is 0. The van der Waals surface area contributed by atoms with E-state index in [1.54, 1.807) is 0 Å². The van der Waals surface area contributed by atoms with Crippen LogP contribution in [0.1, 0.15) is 46.0 Å². The van der Waals surface area contributed by atoms with Gasteiger partial charge < -0.3 is 4.90 Å². The van der Waals surface area contributed by atoms with Crippen molar-refractivity contribution < 1.29 is 4.79 Å². The number of rotatable bonds is 2. The number of carbonyl (C=O) groups is 1. The van der Waals surface area contributed by atoms with Crippen LogP contribution < -0.4 is 0 Å². The number of amides is 1. The molecule has 2 heteroatoms. The second-order valence-electron chi connectivity index (χ2n) is 5.75. The number of hydrogen-bond acceptors (Lipinski definition) is 1. The summed E-state index contributed by atoms with van der Waals surface area (Å²) in [5, 5.41) is 0. The molecule has 0 unspecified atom stereocenters. The number of carbonyl (C=O) groups excluding carboxylic acids is 1. The van der Waals surface area contributed by atoms with Crippen LogP contribution in [0.25, 0.3) is 0 Å². The molecule has 16 heavy (non-hydrogen) atoms. The minimum absolute atomic E-state index is 0.134. The largest absolute Gasteiger partial charge is 0.333 e. The van der Waals surface area contributed by atoms with Crippen molar-refractivity contribution in [2.45, 2.75) is 51.5 Å². The van der Waals surface area contributed by atoms with E-state index in [1.807, 2.05) is 0 Å². The van der Waals surface area contributed by atoms with Crippen molar-refractivity contribution in [1.29, 1.82) is 0 Å². The van der Waals surface area contributed by atoms with Gasteiger partial charge in [0.1, 0.15) is 0 Å². The number of nitrogens with zero attached hydrogens (tertiary/aromatic N) is 1. The molecule has 0 aromatic rings. The van der Waals surface area contributed by atoms with E-state index in [2.05, 4.69) is 25.3 Å². The van der Waals surface area contributed by atoms with Crippen molar-refractivity contribution in [2.75, 3.05) is 6.54 Å². The standard InChI is InChI=1S/C14H23NO/c1-4-13(16)15-10-9-14(15)7-5-12(6-8-14)11(2)3/h4,11-12H,1,5-10H2,2-3H3. The topological polar surface area (TPSA) is 20.3 Å². The highest BCUT2D eigenvalue weighted by Gasteiger charge is 2.48. The summed E-state index contributed by atoms with van der Waals surface area (Å²) in [7, 11) is 0. The summed E-state index contributed by atoms with van der Waals surface area (Å²) in [6.45, 7) is 9.17. The Hall–Kier alpha value is -0.790. The van der Waals surface area contributed by atoms with Gasteiger partial charge in [0, 0.05) is 12.1 Å². The Balaban J connectivity index is 1.97. The Morgan fingerprint density at radius 3 is 2.38 bits per heavy atom. The van der Waals surface area contributed by atoms with E-state index in [4.69, 9.17) is 0 Å². The van der Waals surface area contributed by atoms with Gasteiger partial charge in [-0.05, 0) is 50.0 Å². The van der Waals surface area contributed by atoms with Crippen molar-refractivity contribution in [3.63, 3.8) is 0 Å².